The highest BCUT2D eigenvalue weighted by Gasteiger charge is 2.13. The number of aromatic amines is 1. The van der Waals surface area contributed by atoms with E-state index in [0.29, 0.717) is 16.8 Å². The molecular weight excluding hydrogens is 344 g/mol. The molecule has 0 amide bonds. The molecule has 7 heteroatoms. The van der Waals surface area contributed by atoms with Crippen LogP contribution in [0.5, 0.6) is 5.75 Å². The minimum atomic E-state index is -2.78. The molecule has 0 atom stereocenters. The van der Waals surface area contributed by atoms with Gasteiger partial charge in [0.2, 0.25) is 0 Å². The summed E-state index contributed by atoms with van der Waals surface area (Å²) in [4.78, 5) is 0. The Hall–Kier alpha value is -2.15. The highest BCUT2D eigenvalue weighted by molar-refractivity contribution is 9.10. The Labute approximate surface area is 131 Å². The first-order valence-electron chi connectivity index (χ1n) is 7.31. The van der Waals surface area contributed by atoms with Crippen LogP contribution in [-0.2, 0) is 0 Å². The first kappa shape index (κ1) is 10.6. The van der Waals surface area contributed by atoms with Crippen molar-refractivity contribution in [3.8, 4) is 5.75 Å². The van der Waals surface area contributed by atoms with Crippen LogP contribution in [0.2, 0.25) is 0 Å². The summed E-state index contributed by atoms with van der Waals surface area (Å²) in [5, 5.41) is 9.75. The number of ether oxygens (including phenoxy) is 1. The number of hydrogen-bond acceptors (Lipinski definition) is 3. The lowest BCUT2D eigenvalue weighted by atomic mass is 10.2. The highest BCUT2D eigenvalue weighted by Crippen LogP contribution is 2.34. The van der Waals surface area contributed by atoms with E-state index in [4.69, 9.17) is 4.11 Å². The Morgan fingerprint density at radius 2 is 2.24 bits per heavy atom. The van der Waals surface area contributed by atoms with Gasteiger partial charge in [-0.1, -0.05) is 0 Å². The molecule has 21 heavy (non-hydrogen) atoms. The minimum Gasteiger partial charge on any atom is -0.494 e. The van der Waals surface area contributed by atoms with Crippen LogP contribution in [-0.4, -0.2) is 17.2 Å². The van der Waals surface area contributed by atoms with Crippen molar-refractivity contribution >= 4 is 38.2 Å². The largest absolute Gasteiger partial charge is 0.494 e. The topological polar surface area (TPSA) is 49.9 Å². The van der Waals surface area contributed by atoms with Gasteiger partial charge in [-0.2, -0.15) is 5.10 Å². The zero-order chi connectivity index (χ0) is 17.5. The molecule has 3 aromatic rings. The Kier molecular flexibility index (Phi) is 2.68. The smallest absolute Gasteiger partial charge is 0.165 e. The van der Waals surface area contributed by atoms with Crippen LogP contribution < -0.4 is 10.1 Å². The Morgan fingerprint density at radius 3 is 3.05 bits per heavy atom. The molecule has 108 valence electrons. The van der Waals surface area contributed by atoms with Gasteiger partial charge in [-0.25, -0.2) is 8.78 Å². The molecule has 0 radical (unpaired) electrons. The fourth-order valence-electron chi connectivity index (χ4n) is 1.93. The number of nitrogens with zero attached hydrogens (tertiary/aromatic N) is 1. The second-order valence-corrected chi connectivity index (χ2v) is 5.05. The number of halogens is 3. The van der Waals surface area contributed by atoms with E-state index < -0.39 is 24.4 Å². The molecule has 0 saturated heterocycles. The Morgan fingerprint density at radius 1 is 1.38 bits per heavy atom. The molecule has 2 N–H and O–H groups in total. The van der Waals surface area contributed by atoms with Crippen LogP contribution in [0, 0.1) is 11.6 Å². The predicted molar refractivity (Wildman–Crippen MR) is 80.0 cm³/mol. The van der Waals surface area contributed by atoms with E-state index in [1.165, 1.54) is 18.3 Å². The zero-order valence-corrected chi connectivity index (χ0v) is 12.0. The van der Waals surface area contributed by atoms with Gasteiger partial charge in [0, 0.05) is 17.1 Å². The first-order valence-corrected chi connectivity index (χ1v) is 6.60. The predicted octanol–water partition coefficient (Wildman–Crippen LogP) is 4.36. The van der Waals surface area contributed by atoms with Crippen molar-refractivity contribution in [2.75, 3.05) is 12.4 Å². The molecule has 1 heterocycles. The van der Waals surface area contributed by atoms with E-state index in [9.17, 15) is 8.78 Å². The average molecular weight is 357 g/mol. The van der Waals surface area contributed by atoms with Crippen LogP contribution in [0.15, 0.2) is 34.9 Å². The minimum absolute atomic E-state index is 0.155. The van der Waals surface area contributed by atoms with Crippen molar-refractivity contribution < 1.29 is 17.6 Å². The van der Waals surface area contributed by atoms with Gasteiger partial charge < -0.3 is 10.1 Å². The van der Waals surface area contributed by atoms with Crippen molar-refractivity contribution in [3.63, 3.8) is 0 Å². The van der Waals surface area contributed by atoms with Gasteiger partial charge in [-0.3, -0.25) is 5.10 Å². The van der Waals surface area contributed by atoms with Crippen molar-refractivity contribution in [1.29, 1.82) is 0 Å². The summed E-state index contributed by atoms with van der Waals surface area (Å²) in [5.74, 6) is -1.78. The standard InChI is InChI=1S/C14H10BrF2N3O/c1-21-11-5-8(2-3-9(11)16)19-10-4-7-6-18-20-14(7)13(17)12(10)15/h2-6,19H,1H3,(H,18,20)/i1D3. The molecule has 0 saturated carbocycles. The van der Waals surface area contributed by atoms with E-state index >= 15 is 0 Å². The van der Waals surface area contributed by atoms with Gasteiger partial charge in [0.05, 0.1) is 27.5 Å². The third kappa shape index (κ3) is 2.44. The van der Waals surface area contributed by atoms with E-state index in [1.54, 1.807) is 6.07 Å². The van der Waals surface area contributed by atoms with E-state index in [-0.39, 0.29) is 9.99 Å². The average Bonchev–Trinajstić information content (AvgIpc) is 2.95. The second-order valence-electron chi connectivity index (χ2n) is 4.26. The van der Waals surface area contributed by atoms with Gasteiger partial charge >= 0.3 is 0 Å². The third-order valence-corrected chi connectivity index (χ3v) is 3.71. The number of aromatic nitrogens is 2. The molecule has 0 bridgehead atoms. The number of rotatable bonds is 3. The summed E-state index contributed by atoms with van der Waals surface area (Å²) >= 11 is 3.14. The molecule has 3 rings (SSSR count). The first-order chi connectivity index (χ1) is 11.2. The van der Waals surface area contributed by atoms with E-state index in [2.05, 4.69) is 36.2 Å². The molecule has 0 aliphatic carbocycles. The zero-order valence-electron chi connectivity index (χ0n) is 13.4. The van der Waals surface area contributed by atoms with Gasteiger partial charge in [-0.15, -0.1) is 0 Å². The quantitative estimate of drug-likeness (QED) is 0.733. The number of nitrogens with one attached hydrogen (secondary N) is 2. The van der Waals surface area contributed by atoms with Crippen molar-refractivity contribution in [2.24, 2.45) is 0 Å². The van der Waals surface area contributed by atoms with Crippen molar-refractivity contribution in [3.05, 3.63) is 46.6 Å². The van der Waals surface area contributed by atoms with Crippen LogP contribution >= 0.6 is 15.9 Å². The summed E-state index contributed by atoms with van der Waals surface area (Å²) in [6.07, 6.45) is 1.46. The van der Waals surface area contributed by atoms with Gasteiger partial charge in [0.15, 0.2) is 17.4 Å². The van der Waals surface area contributed by atoms with E-state index in [1.807, 2.05) is 0 Å². The lowest BCUT2D eigenvalue weighted by Gasteiger charge is -2.11. The monoisotopic (exact) mass is 356 g/mol. The molecule has 4 nitrogen and oxygen atoms in total. The molecule has 2 aromatic carbocycles. The normalized spacial score (nSPS) is 13.6. The van der Waals surface area contributed by atoms with Gasteiger partial charge in [0.1, 0.15) is 5.52 Å². The molecule has 0 fully saturated rings. The maximum atomic E-state index is 14.2. The lowest BCUT2D eigenvalue weighted by Crippen LogP contribution is -1.96. The molecule has 0 unspecified atom stereocenters. The summed E-state index contributed by atoms with van der Waals surface area (Å²) < 4.78 is 53.8. The fourth-order valence-corrected chi connectivity index (χ4v) is 2.35. The molecule has 1 aromatic heterocycles. The Balaban J connectivity index is 1.97. The number of hydrogen-bond donors (Lipinski definition) is 2. The summed E-state index contributed by atoms with van der Waals surface area (Å²) in [7, 11) is -2.78. The number of methoxy groups -OCH3 is 1. The molecular formula is C14H10BrF2N3O. The summed E-state index contributed by atoms with van der Waals surface area (Å²) in [6.45, 7) is 0. The van der Waals surface area contributed by atoms with Crippen LogP contribution in [0.3, 0.4) is 0 Å². The highest BCUT2D eigenvalue weighted by atomic mass is 79.9. The Bertz CT molecular complexity index is 914. The number of anilines is 2. The maximum Gasteiger partial charge on any atom is 0.165 e. The van der Waals surface area contributed by atoms with E-state index in [0.717, 1.165) is 6.07 Å². The summed E-state index contributed by atoms with van der Waals surface area (Å²) in [5.41, 5.74) is 0.949. The molecule has 0 aliphatic rings. The SMILES string of the molecule is [2H]C([2H])([2H])Oc1cc(Nc2cc3cn[nH]c3c(F)c2Br)ccc1F. The number of H-pyrrole nitrogens is 1. The third-order valence-electron chi connectivity index (χ3n) is 2.94. The van der Waals surface area contributed by atoms with Crippen LogP contribution in [0.4, 0.5) is 20.2 Å². The second kappa shape index (κ2) is 5.33. The lowest BCUT2D eigenvalue weighted by molar-refractivity contribution is 0.387. The number of benzene rings is 2. The summed E-state index contributed by atoms with van der Waals surface area (Å²) in [6, 6.07) is 5.26. The van der Waals surface area contributed by atoms with Crippen molar-refractivity contribution in [1.82, 2.24) is 10.2 Å². The molecule has 0 aliphatic heterocycles. The number of fused-ring (bicyclic) bond motifs is 1. The fraction of sp³-hybridized carbons (Fsp3) is 0.0714. The van der Waals surface area contributed by atoms with Crippen LogP contribution in [0.1, 0.15) is 4.11 Å². The molecule has 0 spiro atoms. The van der Waals surface area contributed by atoms with Crippen LogP contribution in [0.25, 0.3) is 10.9 Å². The van der Waals surface area contributed by atoms with Crippen molar-refractivity contribution in [2.45, 2.75) is 0 Å². The van der Waals surface area contributed by atoms with Gasteiger partial charge in [-0.05, 0) is 34.1 Å². The van der Waals surface area contributed by atoms with Gasteiger partial charge in [0.25, 0.3) is 0 Å². The maximum absolute atomic E-state index is 14.2.